The number of ether oxygens (including phenoxy) is 1. The second kappa shape index (κ2) is 5.47. The molecule has 0 unspecified atom stereocenters. The van der Waals surface area contributed by atoms with Crippen molar-refractivity contribution in [3.8, 4) is 11.5 Å². The molecular formula is C16H11ClO3S. The van der Waals surface area contributed by atoms with E-state index in [1.165, 1.54) is 18.9 Å². The average molecular weight is 319 g/mol. The number of halogens is 1. The van der Waals surface area contributed by atoms with Crippen LogP contribution in [0.15, 0.2) is 46.2 Å². The topological polar surface area (TPSA) is 46.5 Å². The van der Waals surface area contributed by atoms with Crippen molar-refractivity contribution >= 4 is 35.2 Å². The number of methoxy groups -OCH3 is 1. The molecule has 106 valence electrons. The molecule has 1 N–H and O–H groups in total. The highest BCUT2D eigenvalue weighted by molar-refractivity contribution is 8.04. The van der Waals surface area contributed by atoms with Gasteiger partial charge in [-0.15, -0.1) is 0 Å². The summed E-state index contributed by atoms with van der Waals surface area (Å²) in [6, 6.07) is 10.7. The van der Waals surface area contributed by atoms with Gasteiger partial charge in [-0.2, -0.15) is 0 Å². The molecule has 1 aliphatic heterocycles. The summed E-state index contributed by atoms with van der Waals surface area (Å²) in [4.78, 5) is 13.9. The number of aromatic hydroxyl groups is 1. The summed E-state index contributed by atoms with van der Waals surface area (Å²) >= 11 is 7.39. The van der Waals surface area contributed by atoms with Crippen LogP contribution in [0.2, 0.25) is 5.02 Å². The molecule has 0 saturated carbocycles. The fourth-order valence-corrected chi connectivity index (χ4v) is 3.39. The lowest BCUT2D eigenvalue weighted by atomic mass is 10.1. The van der Waals surface area contributed by atoms with E-state index in [0.717, 1.165) is 4.90 Å². The lowest BCUT2D eigenvalue weighted by Crippen LogP contribution is -1.93. The number of phenolic OH excluding ortho intramolecular Hbond substituents is 1. The van der Waals surface area contributed by atoms with Crippen molar-refractivity contribution in [1.29, 1.82) is 0 Å². The van der Waals surface area contributed by atoms with Crippen molar-refractivity contribution in [3.05, 3.63) is 57.5 Å². The van der Waals surface area contributed by atoms with E-state index >= 15 is 0 Å². The molecule has 0 radical (unpaired) electrons. The Hall–Kier alpha value is -1.91. The van der Waals surface area contributed by atoms with Gasteiger partial charge in [0.15, 0.2) is 11.5 Å². The number of thioether (sulfide) groups is 1. The minimum absolute atomic E-state index is 0.00114. The fraction of sp³-hybridized carbons (Fsp3) is 0.0625. The predicted octanol–water partition coefficient (Wildman–Crippen LogP) is 4.38. The summed E-state index contributed by atoms with van der Waals surface area (Å²) in [5, 5.41) is 9.92. The van der Waals surface area contributed by atoms with Gasteiger partial charge < -0.3 is 9.84 Å². The summed E-state index contributed by atoms with van der Waals surface area (Å²) in [5.41, 5.74) is 1.42. The highest BCUT2D eigenvalue weighted by Gasteiger charge is 2.25. The second-order valence-corrected chi connectivity index (χ2v) is 5.98. The van der Waals surface area contributed by atoms with E-state index in [-0.39, 0.29) is 22.3 Å². The third-order valence-corrected chi connectivity index (χ3v) is 4.53. The van der Waals surface area contributed by atoms with Crippen LogP contribution >= 0.6 is 23.4 Å². The Morgan fingerprint density at radius 3 is 2.76 bits per heavy atom. The summed E-state index contributed by atoms with van der Waals surface area (Å²) in [5.74, 6) is 0.177. The molecule has 1 aliphatic rings. The van der Waals surface area contributed by atoms with E-state index in [9.17, 15) is 9.90 Å². The molecular weight excluding hydrogens is 308 g/mol. The van der Waals surface area contributed by atoms with Crippen LogP contribution in [0.4, 0.5) is 0 Å². The molecule has 3 rings (SSSR count). The maximum atomic E-state index is 12.3. The van der Waals surface area contributed by atoms with Gasteiger partial charge in [-0.05, 0) is 35.9 Å². The first-order valence-electron chi connectivity index (χ1n) is 6.20. The lowest BCUT2D eigenvalue weighted by molar-refractivity contribution is 0.104. The molecule has 5 heteroatoms. The number of benzene rings is 2. The van der Waals surface area contributed by atoms with Crippen LogP contribution in [0.25, 0.3) is 6.08 Å². The van der Waals surface area contributed by atoms with Crippen LogP contribution in [0.1, 0.15) is 15.9 Å². The zero-order valence-corrected chi connectivity index (χ0v) is 12.7. The number of hydrogen-bond donors (Lipinski definition) is 1. The SMILES string of the molecule is COc1cc(/C=C2\Sc3ccccc3C2=O)cc(Cl)c1O. The van der Waals surface area contributed by atoms with E-state index in [0.29, 0.717) is 16.0 Å². The van der Waals surface area contributed by atoms with E-state index < -0.39 is 0 Å². The van der Waals surface area contributed by atoms with Crippen LogP contribution < -0.4 is 4.74 Å². The summed E-state index contributed by atoms with van der Waals surface area (Å²) in [6.45, 7) is 0. The second-order valence-electron chi connectivity index (χ2n) is 4.49. The predicted molar refractivity (Wildman–Crippen MR) is 84.3 cm³/mol. The first-order chi connectivity index (χ1) is 10.1. The van der Waals surface area contributed by atoms with Crippen molar-refractivity contribution in [3.63, 3.8) is 0 Å². The van der Waals surface area contributed by atoms with Gasteiger partial charge in [0.05, 0.1) is 17.0 Å². The van der Waals surface area contributed by atoms with Crippen molar-refractivity contribution in [2.45, 2.75) is 4.90 Å². The number of rotatable bonds is 2. The van der Waals surface area contributed by atoms with Crippen LogP contribution in [-0.4, -0.2) is 18.0 Å². The van der Waals surface area contributed by atoms with Crippen LogP contribution in [-0.2, 0) is 0 Å². The molecule has 3 nitrogen and oxygen atoms in total. The van der Waals surface area contributed by atoms with Gasteiger partial charge in [0, 0.05) is 10.5 Å². The Morgan fingerprint density at radius 1 is 1.29 bits per heavy atom. The molecule has 0 aromatic heterocycles. The number of carbonyl (C=O) groups excluding carboxylic acids is 1. The molecule has 2 aromatic rings. The third-order valence-electron chi connectivity index (χ3n) is 3.14. The van der Waals surface area contributed by atoms with E-state index in [1.807, 2.05) is 24.3 Å². The lowest BCUT2D eigenvalue weighted by Gasteiger charge is -2.06. The Morgan fingerprint density at radius 2 is 2.05 bits per heavy atom. The van der Waals surface area contributed by atoms with Gasteiger partial charge in [0.1, 0.15) is 0 Å². The third kappa shape index (κ3) is 2.52. The van der Waals surface area contributed by atoms with E-state index in [2.05, 4.69) is 0 Å². The number of hydrogen-bond acceptors (Lipinski definition) is 4. The molecule has 21 heavy (non-hydrogen) atoms. The van der Waals surface area contributed by atoms with Crippen LogP contribution in [0.5, 0.6) is 11.5 Å². The van der Waals surface area contributed by atoms with Gasteiger partial charge >= 0.3 is 0 Å². The molecule has 0 bridgehead atoms. The minimum atomic E-state index is -0.102. The first-order valence-corrected chi connectivity index (χ1v) is 7.39. The van der Waals surface area contributed by atoms with Crippen LogP contribution in [0.3, 0.4) is 0 Å². The van der Waals surface area contributed by atoms with Gasteiger partial charge in [-0.1, -0.05) is 35.5 Å². The molecule has 2 aromatic carbocycles. The van der Waals surface area contributed by atoms with Crippen molar-refractivity contribution in [2.75, 3.05) is 7.11 Å². The number of allylic oxidation sites excluding steroid dienone is 1. The highest BCUT2D eigenvalue weighted by atomic mass is 35.5. The summed E-state index contributed by atoms with van der Waals surface area (Å²) in [7, 11) is 1.45. The molecule has 0 spiro atoms. The van der Waals surface area contributed by atoms with Crippen molar-refractivity contribution < 1.29 is 14.6 Å². The summed E-state index contributed by atoms with van der Waals surface area (Å²) < 4.78 is 5.06. The zero-order valence-electron chi connectivity index (χ0n) is 11.1. The smallest absolute Gasteiger partial charge is 0.200 e. The monoisotopic (exact) mass is 318 g/mol. The molecule has 0 aliphatic carbocycles. The first kappa shape index (κ1) is 14.0. The Kier molecular flexibility index (Phi) is 3.66. The van der Waals surface area contributed by atoms with E-state index in [4.69, 9.17) is 16.3 Å². The van der Waals surface area contributed by atoms with E-state index in [1.54, 1.807) is 18.2 Å². The van der Waals surface area contributed by atoms with Gasteiger partial charge in [-0.3, -0.25) is 4.79 Å². The largest absolute Gasteiger partial charge is 0.503 e. The maximum Gasteiger partial charge on any atom is 0.200 e. The molecule has 1 heterocycles. The maximum absolute atomic E-state index is 12.3. The molecule has 0 saturated heterocycles. The van der Waals surface area contributed by atoms with Gasteiger partial charge in [0.25, 0.3) is 0 Å². The average Bonchev–Trinajstić information content (AvgIpc) is 2.79. The number of carbonyl (C=O) groups is 1. The zero-order chi connectivity index (χ0) is 15.0. The molecule has 0 fully saturated rings. The number of phenols is 1. The summed E-state index contributed by atoms with van der Waals surface area (Å²) in [6.07, 6.45) is 1.75. The van der Waals surface area contributed by atoms with Crippen LogP contribution in [0, 0.1) is 0 Å². The normalized spacial score (nSPS) is 15.3. The van der Waals surface area contributed by atoms with Gasteiger partial charge in [-0.25, -0.2) is 0 Å². The standard InChI is InChI=1S/C16H11ClO3S/c1-20-12-7-9(6-11(17)16(12)19)8-14-15(18)10-4-2-3-5-13(10)21-14/h2-8,19H,1H3/b14-8-. The molecule has 0 amide bonds. The Labute approximate surface area is 131 Å². The Bertz CT molecular complexity index is 768. The number of ketones is 1. The fourth-order valence-electron chi connectivity index (χ4n) is 2.12. The highest BCUT2D eigenvalue weighted by Crippen LogP contribution is 2.42. The Balaban J connectivity index is 2.01. The van der Waals surface area contributed by atoms with Gasteiger partial charge in [0.2, 0.25) is 5.78 Å². The number of fused-ring (bicyclic) bond motifs is 1. The quantitative estimate of drug-likeness (QED) is 0.834. The van der Waals surface area contributed by atoms with Crippen molar-refractivity contribution in [2.24, 2.45) is 0 Å². The molecule has 0 atom stereocenters. The minimum Gasteiger partial charge on any atom is -0.503 e. The van der Waals surface area contributed by atoms with Crippen molar-refractivity contribution in [1.82, 2.24) is 0 Å². The number of Topliss-reactive ketones (excluding diaryl/α,β-unsaturated/α-hetero) is 1.